The predicted molar refractivity (Wildman–Crippen MR) is 250 cm³/mol. The summed E-state index contributed by atoms with van der Waals surface area (Å²) in [7, 11) is 0. The lowest BCUT2D eigenvalue weighted by Gasteiger charge is -2.10. The maximum Gasteiger partial charge on any atom is 0.180 e. The molecule has 290 valence electrons. The average Bonchev–Trinajstić information content (AvgIpc) is 3.93. The van der Waals surface area contributed by atoms with Gasteiger partial charge in [-0.25, -0.2) is 19.9 Å². The minimum absolute atomic E-state index is 0.635. The van der Waals surface area contributed by atoms with Gasteiger partial charge in [0.05, 0.1) is 0 Å². The first-order valence-corrected chi connectivity index (χ1v) is 20.6. The molecule has 4 aromatic heterocycles. The van der Waals surface area contributed by atoms with Crippen LogP contribution in [0.1, 0.15) is 0 Å². The van der Waals surface area contributed by atoms with Crippen LogP contribution >= 0.6 is 0 Å². The van der Waals surface area contributed by atoms with Gasteiger partial charge in [0.15, 0.2) is 22.8 Å². The summed E-state index contributed by atoms with van der Waals surface area (Å²) in [5.74, 6) is 1.27. The largest absolute Gasteiger partial charge is 0.452 e. The molecule has 0 amide bonds. The first-order chi connectivity index (χ1) is 30.7. The van der Waals surface area contributed by atoms with Crippen molar-refractivity contribution in [2.24, 2.45) is 0 Å². The van der Waals surface area contributed by atoms with Crippen molar-refractivity contribution in [3.8, 4) is 78.7 Å². The van der Waals surface area contributed by atoms with E-state index in [1.165, 1.54) is 0 Å². The van der Waals surface area contributed by atoms with Gasteiger partial charge in [0.25, 0.3) is 0 Å². The fraction of sp³-hybridized carbons (Fsp3) is 0. The fourth-order valence-corrected chi connectivity index (χ4v) is 8.41. The number of benzene rings is 8. The van der Waals surface area contributed by atoms with Crippen molar-refractivity contribution in [3.63, 3.8) is 0 Å². The van der Waals surface area contributed by atoms with Crippen LogP contribution in [0, 0.1) is 0 Å². The van der Waals surface area contributed by atoms with Crippen LogP contribution in [0.3, 0.4) is 0 Å². The van der Waals surface area contributed by atoms with Gasteiger partial charge in [0.2, 0.25) is 0 Å². The predicted octanol–water partition coefficient (Wildman–Crippen LogP) is 14.7. The van der Waals surface area contributed by atoms with Crippen LogP contribution in [-0.4, -0.2) is 19.9 Å². The number of aromatic nitrogens is 4. The number of hydrogen-bond acceptors (Lipinski definition) is 6. The Balaban J connectivity index is 0.903. The Bertz CT molecular complexity index is 3370. The van der Waals surface area contributed by atoms with Crippen molar-refractivity contribution >= 4 is 44.1 Å². The van der Waals surface area contributed by atoms with Gasteiger partial charge >= 0.3 is 0 Å². The molecule has 6 heteroatoms. The third-order valence-corrected chi connectivity index (χ3v) is 11.5. The molecule has 0 aliphatic rings. The summed E-state index contributed by atoms with van der Waals surface area (Å²) in [5, 5.41) is 1.92. The molecule has 0 saturated carbocycles. The van der Waals surface area contributed by atoms with Crippen molar-refractivity contribution in [1.29, 1.82) is 0 Å². The average molecular weight is 795 g/mol. The fourth-order valence-electron chi connectivity index (χ4n) is 8.41. The highest BCUT2D eigenvalue weighted by molar-refractivity contribution is 6.08. The molecule has 62 heavy (non-hydrogen) atoms. The highest BCUT2D eigenvalue weighted by Crippen LogP contribution is 2.39. The minimum Gasteiger partial charge on any atom is -0.452 e. The summed E-state index contributed by atoms with van der Waals surface area (Å²) in [6.45, 7) is 0. The SMILES string of the molecule is c1ccc(-c2cccc(-c3nc(-c4ccc(-c5ccc(-c6nc(-c7cccc(-c8ccccc8)c7)c7oc8ccccc8c7n6)cc5)cc4)nc4c3oc3ccccc34)c2)cc1. The molecular weight excluding hydrogens is 761 g/mol. The van der Waals surface area contributed by atoms with Gasteiger partial charge in [-0.2, -0.15) is 0 Å². The van der Waals surface area contributed by atoms with Gasteiger partial charge in [0, 0.05) is 33.0 Å². The van der Waals surface area contributed by atoms with Gasteiger partial charge in [-0.05, 0) is 69.8 Å². The second-order valence-electron chi connectivity index (χ2n) is 15.4. The second-order valence-corrected chi connectivity index (χ2v) is 15.4. The molecule has 0 aliphatic carbocycles. The van der Waals surface area contributed by atoms with E-state index in [1.54, 1.807) is 0 Å². The van der Waals surface area contributed by atoms with Gasteiger partial charge < -0.3 is 8.83 Å². The normalized spacial score (nSPS) is 11.5. The molecule has 0 unspecified atom stereocenters. The van der Waals surface area contributed by atoms with Gasteiger partial charge in [-0.15, -0.1) is 0 Å². The summed E-state index contributed by atoms with van der Waals surface area (Å²) in [6, 6.07) is 70.6. The van der Waals surface area contributed by atoms with Crippen LogP contribution in [0.25, 0.3) is 123 Å². The minimum atomic E-state index is 0.635. The van der Waals surface area contributed by atoms with E-state index in [4.69, 9.17) is 28.8 Å². The van der Waals surface area contributed by atoms with E-state index in [0.717, 1.165) is 100.0 Å². The number of nitrogens with zero attached hydrogens (tertiary/aromatic N) is 4. The Morgan fingerprint density at radius 1 is 0.258 bits per heavy atom. The van der Waals surface area contributed by atoms with Crippen LogP contribution in [0.15, 0.2) is 215 Å². The van der Waals surface area contributed by atoms with Gasteiger partial charge in [0.1, 0.15) is 33.6 Å². The molecule has 0 N–H and O–H groups in total. The van der Waals surface area contributed by atoms with Gasteiger partial charge in [-0.3, -0.25) is 0 Å². The molecule has 0 atom stereocenters. The van der Waals surface area contributed by atoms with Crippen molar-refractivity contribution in [1.82, 2.24) is 19.9 Å². The van der Waals surface area contributed by atoms with Crippen LogP contribution in [0.5, 0.6) is 0 Å². The van der Waals surface area contributed by atoms with Crippen LogP contribution in [0.2, 0.25) is 0 Å². The van der Waals surface area contributed by atoms with E-state index in [9.17, 15) is 0 Å². The van der Waals surface area contributed by atoms with E-state index in [-0.39, 0.29) is 0 Å². The summed E-state index contributed by atoms with van der Waals surface area (Å²) in [4.78, 5) is 20.6. The van der Waals surface area contributed by atoms with Crippen molar-refractivity contribution in [2.45, 2.75) is 0 Å². The number of fused-ring (bicyclic) bond motifs is 6. The summed E-state index contributed by atoms with van der Waals surface area (Å²) in [6.07, 6.45) is 0. The lowest BCUT2D eigenvalue weighted by molar-refractivity contribution is 0.667. The number of furan rings is 2. The Labute approximate surface area is 356 Å². The Kier molecular flexibility index (Phi) is 8.38. The molecule has 4 heterocycles. The van der Waals surface area contributed by atoms with Crippen LogP contribution in [-0.2, 0) is 0 Å². The van der Waals surface area contributed by atoms with Gasteiger partial charge in [-0.1, -0.05) is 170 Å². The highest BCUT2D eigenvalue weighted by atomic mass is 16.3. The van der Waals surface area contributed by atoms with Crippen molar-refractivity contribution < 1.29 is 8.83 Å². The third-order valence-electron chi connectivity index (χ3n) is 11.5. The standard InChI is InChI=1S/C56H34N4O2/c1-3-13-35(14-4-1)41-17-11-19-43(33-41)49-53-51(45-21-7-9-23-47(45)61-53)59-55(57-49)39-29-25-37(26-30-39)38-27-31-40(32-28-38)56-58-50(54-52(60-56)46-22-8-10-24-48(46)62-54)44-20-12-18-42(34-44)36-15-5-2-6-16-36/h1-34H. The first-order valence-electron chi connectivity index (χ1n) is 20.6. The third kappa shape index (κ3) is 6.21. The Morgan fingerprint density at radius 3 is 1.03 bits per heavy atom. The first kappa shape index (κ1) is 35.5. The maximum absolute atomic E-state index is 6.44. The molecule has 6 nitrogen and oxygen atoms in total. The lowest BCUT2D eigenvalue weighted by Crippen LogP contribution is -1.95. The molecule has 0 bridgehead atoms. The Hall–Kier alpha value is -8.48. The summed E-state index contributed by atoms with van der Waals surface area (Å²) in [5.41, 5.74) is 16.4. The van der Waals surface area contributed by atoms with E-state index in [0.29, 0.717) is 22.8 Å². The van der Waals surface area contributed by atoms with E-state index in [2.05, 4.69) is 158 Å². The monoisotopic (exact) mass is 794 g/mol. The molecule has 8 aromatic carbocycles. The number of rotatable bonds is 7. The molecule has 0 radical (unpaired) electrons. The molecule has 12 aromatic rings. The maximum atomic E-state index is 6.44. The molecule has 12 rings (SSSR count). The zero-order valence-electron chi connectivity index (χ0n) is 33.2. The Morgan fingerprint density at radius 2 is 0.597 bits per heavy atom. The molecule has 0 fully saturated rings. The second kappa shape index (κ2) is 14.7. The van der Waals surface area contributed by atoms with Crippen LogP contribution in [0.4, 0.5) is 0 Å². The molecule has 0 saturated heterocycles. The molecule has 0 spiro atoms. The number of hydrogen-bond donors (Lipinski definition) is 0. The van der Waals surface area contributed by atoms with E-state index < -0.39 is 0 Å². The number of para-hydroxylation sites is 2. The summed E-state index contributed by atoms with van der Waals surface area (Å²) < 4.78 is 12.9. The molecular formula is C56H34N4O2. The van der Waals surface area contributed by atoms with Crippen LogP contribution < -0.4 is 0 Å². The van der Waals surface area contributed by atoms with Crippen molar-refractivity contribution in [3.05, 3.63) is 206 Å². The highest BCUT2D eigenvalue weighted by Gasteiger charge is 2.20. The summed E-state index contributed by atoms with van der Waals surface area (Å²) >= 11 is 0. The zero-order chi connectivity index (χ0) is 41.0. The molecule has 0 aliphatic heterocycles. The van der Waals surface area contributed by atoms with Crippen molar-refractivity contribution in [2.75, 3.05) is 0 Å². The smallest absolute Gasteiger partial charge is 0.180 e. The quantitative estimate of drug-likeness (QED) is 0.160. The topological polar surface area (TPSA) is 77.8 Å². The zero-order valence-corrected chi connectivity index (χ0v) is 33.2. The lowest BCUT2D eigenvalue weighted by atomic mass is 10.0. The van der Waals surface area contributed by atoms with E-state index >= 15 is 0 Å². The van der Waals surface area contributed by atoms with E-state index in [1.807, 2.05) is 48.5 Å².